The van der Waals surface area contributed by atoms with Crippen LogP contribution in [0.15, 0.2) is 83.8 Å². The first-order valence-corrected chi connectivity index (χ1v) is 13.5. The zero-order chi connectivity index (χ0) is 27.0. The minimum Gasteiger partial charge on any atom is -0.495 e. The normalized spacial score (nSPS) is 11.9. The van der Waals surface area contributed by atoms with Crippen molar-refractivity contribution in [1.29, 1.82) is 0 Å². The van der Waals surface area contributed by atoms with Gasteiger partial charge < -0.3 is 15.0 Å². The van der Waals surface area contributed by atoms with Crippen LogP contribution in [0.2, 0.25) is 5.02 Å². The van der Waals surface area contributed by atoms with Gasteiger partial charge in [0.05, 0.1) is 17.7 Å². The number of amides is 2. The molecule has 3 aromatic carbocycles. The van der Waals surface area contributed by atoms with Gasteiger partial charge in [0.1, 0.15) is 18.3 Å². The first kappa shape index (κ1) is 28.0. The number of rotatable bonds is 11. The van der Waals surface area contributed by atoms with Crippen molar-refractivity contribution in [3.8, 4) is 5.75 Å². The Hall–Kier alpha value is -3.56. The van der Waals surface area contributed by atoms with Crippen molar-refractivity contribution in [3.63, 3.8) is 0 Å². The van der Waals surface area contributed by atoms with Gasteiger partial charge in [0.2, 0.25) is 11.8 Å². The Bertz CT molecular complexity index is 1330. The molecule has 0 aliphatic carbocycles. The molecule has 37 heavy (non-hydrogen) atoms. The van der Waals surface area contributed by atoms with Crippen molar-refractivity contribution in [3.05, 3.63) is 89.4 Å². The third-order valence-corrected chi connectivity index (χ3v) is 7.73. The van der Waals surface area contributed by atoms with Gasteiger partial charge in [0.25, 0.3) is 10.0 Å². The Balaban J connectivity index is 2.06. The van der Waals surface area contributed by atoms with E-state index in [1.165, 1.54) is 24.1 Å². The molecule has 0 aliphatic heterocycles. The number of methoxy groups -OCH3 is 1. The number of benzene rings is 3. The lowest BCUT2D eigenvalue weighted by molar-refractivity contribution is -0.139. The van der Waals surface area contributed by atoms with Crippen molar-refractivity contribution >= 4 is 39.1 Å². The van der Waals surface area contributed by atoms with Crippen LogP contribution in [0, 0.1) is 0 Å². The minimum atomic E-state index is -4.17. The molecule has 10 heteroatoms. The van der Waals surface area contributed by atoms with E-state index in [1.54, 1.807) is 80.6 Å². The standard InChI is InChI=1S/C27H30ClN3O5S/c1-4-29-27(33)20(2)30(18-21-11-10-12-22(28)17-21)26(32)19-31(24-15-8-9-16-25(24)36-3)37(34,35)23-13-6-5-7-14-23/h5-17,20H,4,18-19H2,1-3H3,(H,29,33)/t20-/m0/s1. The minimum absolute atomic E-state index is 0.0203. The number of likely N-dealkylation sites (N-methyl/N-ethyl adjacent to an activating group) is 1. The number of hydrogen-bond acceptors (Lipinski definition) is 5. The molecule has 0 saturated carbocycles. The summed E-state index contributed by atoms with van der Waals surface area (Å²) in [5, 5.41) is 3.21. The summed E-state index contributed by atoms with van der Waals surface area (Å²) in [6, 6.07) is 20.5. The summed E-state index contributed by atoms with van der Waals surface area (Å²) in [5.74, 6) is -0.634. The number of carbonyl (C=O) groups is 2. The first-order valence-electron chi connectivity index (χ1n) is 11.7. The van der Waals surface area contributed by atoms with Crippen molar-refractivity contribution < 1.29 is 22.7 Å². The van der Waals surface area contributed by atoms with Crippen molar-refractivity contribution in [1.82, 2.24) is 10.2 Å². The molecule has 8 nitrogen and oxygen atoms in total. The molecule has 0 aliphatic rings. The van der Waals surface area contributed by atoms with E-state index in [0.29, 0.717) is 17.1 Å². The van der Waals surface area contributed by atoms with E-state index in [4.69, 9.17) is 16.3 Å². The molecule has 0 radical (unpaired) electrons. The summed E-state index contributed by atoms with van der Waals surface area (Å²) in [6.07, 6.45) is 0. The summed E-state index contributed by atoms with van der Waals surface area (Å²) in [7, 11) is -2.74. The lowest BCUT2D eigenvalue weighted by Crippen LogP contribution is -2.51. The second-order valence-corrected chi connectivity index (χ2v) is 10.5. The van der Waals surface area contributed by atoms with Crippen molar-refractivity contribution in [2.45, 2.75) is 31.3 Å². The molecule has 2 amide bonds. The number of anilines is 1. The molecule has 0 saturated heterocycles. The fraction of sp³-hybridized carbons (Fsp3) is 0.259. The lowest BCUT2D eigenvalue weighted by atomic mass is 10.1. The number of carbonyl (C=O) groups excluding carboxylic acids is 2. The molecule has 0 spiro atoms. The molecule has 1 N–H and O–H groups in total. The van der Waals surface area contributed by atoms with Gasteiger partial charge in [0, 0.05) is 18.1 Å². The number of hydrogen-bond donors (Lipinski definition) is 1. The summed E-state index contributed by atoms with van der Waals surface area (Å²) >= 11 is 6.14. The second kappa shape index (κ2) is 12.6. The Morgan fingerprint density at radius 3 is 2.32 bits per heavy atom. The summed E-state index contributed by atoms with van der Waals surface area (Å²) in [6.45, 7) is 3.28. The van der Waals surface area contributed by atoms with Crippen LogP contribution in [-0.4, -0.2) is 51.4 Å². The highest BCUT2D eigenvalue weighted by molar-refractivity contribution is 7.92. The third-order valence-electron chi connectivity index (χ3n) is 5.72. The summed E-state index contributed by atoms with van der Waals surface area (Å²) in [4.78, 5) is 27.9. The van der Waals surface area contributed by atoms with Gasteiger partial charge in [-0.05, 0) is 55.8 Å². The Morgan fingerprint density at radius 1 is 1.00 bits per heavy atom. The van der Waals surface area contributed by atoms with Crippen LogP contribution in [0.3, 0.4) is 0 Å². The molecule has 0 unspecified atom stereocenters. The maximum Gasteiger partial charge on any atom is 0.264 e. The SMILES string of the molecule is CCNC(=O)[C@H](C)N(Cc1cccc(Cl)c1)C(=O)CN(c1ccccc1OC)S(=O)(=O)c1ccccc1. The number of sulfonamides is 1. The highest BCUT2D eigenvalue weighted by Crippen LogP contribution is 2.32. The highest BCUT2D eigenvalue weighted by Gasteiger charge is 2.33. The molecular formula is C27H30ClN3O5S. The van der Waals surface area contributed by atoms with Gasteiger partial charge in [-0.25, -0.2) is 8.42 Å². The van der Waals surface area contributed by atoms with Crippen LogP contribution in [-0.2, 0) is 26.2 Å². The van der Waals surface area contributed by atoms with E-state index in [-0.39, 0.29) is 28.8 Å². The van der Waals surface area contributed by atoms with Gasteiger partial charge >= 0.3 is 0 Å². The molecule has 0 aromatic heterocycles. The van der Waals surface area contributed by atoms with Gasteiger partial charge in [-0.1, -0.05) is 54.1 Å². The quantitative estimate of drug-likeness (QED) is 0.393. The first-order chi connectivity index (χ1) is 17.7. The third kappa shape index (κ3) is 6.81. The summed E-state index contributed by atoms with van der Waals surface area (Å²) in [5.41, 5.74) is 0.905. The average molecular weight is 544 g/mol. The van der Waals surface area contributed by atoms with Gasteiger partial charge in [-0.3, -0.25) is 13.9 Å². The van der Waals surface area contributed by atoms with Gasteiger partial charge in [-0.15, -0.1) is 0 Å². The smallest absolute Gasteiger partial charge is 0.264 e. The number of halogens is 1. The fourth-order valence-corrected chi connectivity index (χ4v) is 5.46. The van der Waals surface area contributed by atoms with E-state index in [0.717, 1.165) is 4.31 Å². The number of ether oxygens (including phenoxy) is 1. The maximum absolute atomic E-state index is 13.8. The molecule has 0 heterocycles. The monoisotopic (exact) mass is 543 g/mol. The van der Waals surface area contributed by atoms with E-state index in [1.807, 2.05) is 0 Å². The zero-order valence-corrected chi connectivity index (χ0v) is 22.5. The predicted octanol–water partition coefficient (Wildman–Crippen LogP) is 4.10. The molecule has 196 valence electrons. The molecule has 3 rings (SSSR count). The van der Waals surface area contributed by atoms with Crippen molar-refractivity contribution in [2.24, 2.45) is 0 Å². The molecule has 0 fully saturated rings. The van der Waals surface area contributed by atoms with Crippen LogP contribution < -0.4 is 14.4 Å². The largest absolute Gasteiger partial charge is 0.495 e. The van der Waals surface area contributed by atoms with Crippen LogP contribution in [0.1, 0.15) is 19.4 Å². The van der Waals surface area contributed by atoms with Gasteiger partial charge in [-0.2, -0.15) is 0 Å². The lowest BCUT2D eigenvalue weighted by Gasteiger charge is -2.32. The van der Waals surface area contributed by atoms with Crippen LogP contribution in [0.5, 0.6) is 5.75 Å². The molecule has 1 atom stereocenters. The van der Waals surface area contributed by atoms with E-state index in [2.05, 4.69) is 5.32 Å². The topological polar surface area (TPSA) is 96.0 Å². The average Bonchev–Trinajstić information content (AvgIpc) is 2.90. The maximum atomic E-state index is 13.8. The van der Waals surface area contributed by atoms with Gasteiger partial charge in [0.15, 0.2) is 0 Å². The fourth-order valence-electron chi connectivity index (χ4n) is 3.81. The van der Waals surface area contributed by atoms with Crippen molar-refractivity contribution in [2.75, 3.05) is 24.5 Å². The Morgan fingerprint density at radius 2 is 1.68 bits per heavy atom. The number of nitrogens with zero attached hydrogens (tertiary/aromatic N) is 2. The van der Waals surface area contributed by atoms with Crippen LogP contribution in [0.4, 0.5) is 5.69 Å². The Labute approximate surface area is 222 Å². The second-order valence-electron chi connectivity index (χ2n) is 8.22. The molecular weight excluding hydrogens is 514 g/mol. The van der Waals surface area contributed by atoms with Crippen LogP contribution in [0.25, 0.3) is 0 Å². The van der Waals surface area contributed by atoms with E-state index >= 15 is 0 Å². The predicted molar refractivity (Wildman–Crippen MR) is 144 cm³/mol. The van der Waals surface area contributed by atoms with E-state index in [9.17, 15) is 18.0 Å². The zero-order valence-electron chi connectivity index (χ0n) is 20.9. The number of para-hydroxylation sites is 2. The Kier molecular flexibility index (Phi) is 9.54. The highest BCUT2D eigenvalue weighted by atomic mass is 35.5. The van der Waals surface area contributed by atoms with E-state index < -0.39 is 28.5 Å². The molecule has 0 bridgehead atoms. The van der Waals surface area contributed by atoms with Crippen LogP contribution >= 0.6 is 11.6 Å². The molecule has 3 aromatic rings. The number of nitrogens with one attached hydrogen (secondary N) is 1. The summed E-state index contributed by atoms with van der Waals surface area (Å²) < 4.78 is 34.0.